The zero-order valence-electron chi connectivity index (χ0n) is 67.8. The number of halogens is 3. The Morgan fingerprint density at radius 2 is 0.856 bits per heavy atom. The lowest BCUT2D eigenvalue weighted by Gasteiger charge is -2.29. The Kier molecular flexibility index (Phi) is 37.8. The van der Waals surface area contributed by atoms with Gasteiger partial charge in [0.05, 0.1) is 56.2 Å². The van der Waals surface area contributed by atoms with Crippen LogP contribution in [0.2, 0.25) is 0 Å². The van der Waals surface area contributed by atoms with Crippen molar-refractivity contribution in [3.63, 3.8) is 0 Å². The number of aromatic carboxylic acids is 1. The second kappa shape index (κ2) is 45.9. The number of phenols is 3. The van der Waals surface area contributed by atoms with Crippen molar-refractivity contribution >= 4 is 143 Å². The summed E-state index contributed by atoms with van der Waals surface area (Å²) in [5, 5.41) is 97.9. The number of non-ortho nitro benzene ring substituents is 1. The Hall–Kier alpha value is -11.4. The smallest absolute Gasteiger partial charge is 0.355 e. The van der Waals surface area contributed by atoms with Crippen LogP contribution in [0.4, 0.5) is 45.5 Å². The van der Waals surface area contributed by atoms with E-state index in [2.05, 4.69) is 166 Å². The van der Waals surface area contributed by atoms with Gasteiger partial charge < -0.3 is 55.8 Å². The first-order valence-corrected chi connectivity index (χ1v) is 40.6. The summed E-state index contributed by atoms with van der Waals surface area (Å²) in [5.74, 6) is -0.856. The molecule has 2 unspecified atom stereocenters. The average molecular weight is 1740 g/mol. The number of benzene rings is 9. The van der Waals surface area contributed by atoms with E-state index in [1.165, 1.54) is 53.6 Å². The van der Waals surface area contributed by atoms with Crippen LogP contribution in [0, 0.1) is 50.6 Å². The summed E-state index contributed by atoms with van der Waals surface area (Å²) in [6.45, 7) is 30.5. The van der Waals surface area contributed by atoms with Crippen molar-refractivity contribution in [2.45, 2.75) is 105 Å². The maximum atomic E-state index is 12.2. The van der Waals surface area contributed by atoms with Crippen molar-refractivity contribution in [2.24, 2.45) is 0 Å². The highest BCUT2D eigenvalue weighted by Gasteiger charge is 2.26. The first-order valence-electron chi connectivity index (χ1n) is 36.4. The van der Waals surface area contributed by atoms with E-state index in [4.69, 9.17) is 59.4 Å². The molecule has 0 radical (unpaired) electrons. The quantitative estimate of drug-likeness (QED) is 0.00898. The van der Waals surface area contributed by atoms with Gasteiger partial charge in [-0.05, 0) is 129 Å². The third-order valence-corrected chi connectivity index (χ3v) is 17.5. The van der Waals surface area contributed by atoms with Crippen LogP contribution in [-0.2, 0) is 33.5 Å². The molecular formula is C82H96Cl3N12O18P2S+. The SMILES string of the molecule is CC(C)(C)c1ccc(-c2nc3cccc(N4CCNCC4)c3o2)cc1.CC(C)(C)c1ccc(-c2nc3cccc([N+](=O)[O-])c3o2)cc1.CC(C)(C)c1ccc(C(=O)Nc2cccc([N+](=O)[O-])c2O)cc1.CC(C)(C)c1ccc(C(=O)O)cc1.Cl.ClCCNCCCl.Nc1cccc([N+](=O)[O-])c1O.O=[N+]([O-])c1cccc([N+](=O)[O-])c1O.[3H][P+](P)=S. The van der Waals surface area contributed by atoms with E-state index in [-0.39, 0.29) is 62.4 Å². The number of anilines is 3. The summed E-state index contributed by atoms with van der Waals surface area (Å²) >= 11 is 15.0. The van der Waals surface area contributed by atoms with Gasteiger partial charge in [-0.2, -0.15) is 0 Å². The molecule has 1 saturated heterocycles. The molecule has 2 atom stereocenters. The fraction of sp³-hybridized carbons (Fsp3) is 0.293. The molecular weight excluding hydrogens is 1640 g/mol. The summed E-state index contributed by atoms with van der Waals surface area (Å²) in [4.78, 5) is 83.0. The summed E-state index contributed by atoms with van der Waals surface area (Å²) in [5.41, 5.74) is 14.3. The van der Waals surface area contributed by atoms with Gasteiger partial charge in [0.15, 0.2) is 24.4 Å². The number of phenolic OH excluding ortho intramolecular Hbond substituents is 3. The molecule has 30 nitrogen and oxygen atoms in total. The zero-order valence-corrected chi connectivity index (χ0v) is 72.0. The zero-order chi connectivity index (χ0) is 88.2. The number of nitro benzene ring substituents is 5. The number of carboxylic acids is 1. The van der Waals surface area contributed by atoms with Crippen LogP contribution in [0.15, 0.2) is 197 Å². The molecule has 3 heterocycles. The molecule has 1 fully saturated rings. The van der Waals surface area contributed by atoms with Crippen molar-refractivity contribution in [3.05, 3.63) is 272 Å². The number of fused-ring (bicyclic) bond motifs is 2. The number of amides is 1. The molecule has 9 aromatic carbocycles. The van der Waals surface area contributed by atoms with E-state index < -0.39 is 77.8 Å². The topological polar surface area (TPSA) is 448 Å². The highest BCUT2D eigenvalue weighted by molar-refractivity contribution is 8.24. The van der Waals surface area contributed by atoms with Crippen molar-refractivity contribution in [1.29, 1.82) is 1.28 Å². The second-order valence-electron chi connectivity index (χ2n) is 29.6. The maximum Gasteiger partial charge on any atom is 0.355 e. The van der Waals surface area contributed by atoms with Gasteiger partial charge in [0, 0.05) is 98.1 Å². The summed E-state index contributed by atoms with van der Waals surface area (Å²) in [6, 6.07) is 52.6. The molecule has 2 aromatic heterocycles. The van der Waals surface area contributed by atoms with Crippen molar-refractivity contribution < 1.29 is 63.5 Å². The van der Waals surface area contributed by atoms with Crippen molar-refractivity contribution in [2.75, 3.05) is 67.0 Å². The Balaban J connectivity index is 0.000000298. The summed E-state index contributed by atoms with van der Waals surface area (Å²) in [6.07, 6.45) is 0. The Morgan fingerprint density at radius 3 is 1.24 bits per heavy atom. The largest absolute Gasteiger partial charge is 0.501 e. The molecule has 11 aromatic rings. The number of carboxylic acid groups (broad SMARTS) is 1. The molecule has 12 rings (SSSR count). The summed E-state index contributed by atoms with van der Waals surface area (Å²) < 4.78 is 18.2. The van der Waals surface area contributed by atoms with Gasteiger partial charge in [0.1, 0.15) is 11.0 Å². The van der Waals surface area contributed by atoms with Crippen LogP contribution in [0.5, 0.6) is 17.2 Å². The van der Waals surface area contributed by atoms with E-state index in [0.717, 1.165) is 96.5 Å². The number of aromatic nitrogens is 2. The van der Waals surface area contributed by atoms with Crippen LogP contribution in [0.3, 0.4) is 0 Å². The Bertz CT molecular complexity index is 5230. The van der Waals surface area contributed by atoms with Gasteiger partial charge in [-0.1, -0.05) is 156 Å². The lowest BCUT2D eigenvalue weighted by Crippen LogP contribution is -2.43. The summed E-state index contributed by atoms with van der Waals surface area (Å²) in [7, 11) is 2.20. The number of alkyl halides is 2. The number of aromatic hydroxyl groups is 3. The number of hydrogen-bond donors (Lipinski definition) is 8. The molecule has 628 valence electrons. The highest BCUT2D eigenvalue weighted by Crippen LogP contribution is 2.39. The molecule has 0 spiro atoms. The first-order chi connectivity index (χ1) is 55.3. The molecule has 0 aliphatic carbocycles. The first kappa shape index (κ1) is 97.2. The number of para-hydroxylation sites is 5. The third-order valence-electron chi connectivity index (χ3n) is 17.1. The van der Waals surface area contributed by atoms with Gasteiger partial charge in [-0.15, -0.1) is 35.6 Å². The number of nitrogens with zero attached hydrogens (tertiary/aromatic N) is 8. The molecule has 1 amide bonds. The number of oxazole rings is 2. The van der Waals surface area contributed by atoms with Gasteiger partial charge in [0.2, 0.25) is 28.9 Å². The molecule has 36 heteroatoms. The number of nitro groups is 5. The monoisotopic (exact) mass is 1740 g/mol. The highest BCUT2D eigenvalue weighted by atomic mass is 35.5. The lowest BCUT2D eigenvalue weighted by molar-refractivity contribution is -0.396. The van der Waals surface area contributed by atoms with E-state index in [1.807, 2.05) is 54.6 Å². The van der Waals surface area contributed by atoms with Crippen LogP contribution >= 0.6 is 51.5 Å². The minimum atomic E-state index is -0.919. The molecule has 0 saturated carbocycles. The normalized spacial score (nSPS) is 11.8. The molecule has 9 N–H and O–H groups in total. The fourth-order valence-corrected chi connectivity index (χ4v) is 10.9. The van der Waals surface area contributed by atoms with E-state index >= 15 is 0 Å². The number of carbonyl (C=O) groups is 2. The van der Waals surface area contributed by atoms with Gasteiger partial charge in [-0.3, -0.25) is 55.4 Å². The van der Waals surface area contributed by atoms with E-state index in [1.54, 1.807) is 36.4 Å². The van der Waals surface area contributed by atoms with Crippen molar-refractivity contribution in [1.82, 2.24) is 20.6 Å². The van der Waals surface area contributed by atoms with Gasteiger partial charge >= 0.3 is 35.7 Å². The molecule has 1 aliphatic heterocycles. The van der Waals surface area contributed by atoms with Crippen LogP contribution in [0.1, 0.15) is 126 Å². The standard InChI is InChI=1S/C21H25N3O.C17H18N2O4.C17H16N2O3.C11H14O2.C6H4N2O5.C6H6N2O3.C4H9Cl2N.ClH.H2P2S/c1-21(2,3)16-9-7-15(8-10-16)20-23-17-5-4-6-18(19(17)25-20)24-13-11-22-12-14-24;1-17(2,3)12-9-7-11(8-10-12)16(21)18-13-5-4-6-14(15(13)20)19(22)23;1-17(2,3)12-9-7-11(8-10-12)16-18-13-5-4-6-14(19(20)21)15(13)22-16;1-11(2,3)9-6-4-8(5-7-9)10(12)13;9-6-4(7(10)11)2-1-3-5(6)8(12)13;7-4-2-1-3-5(6(4)9)8(10)11;5-1-3-7-4-2-6;;1-2-3/h4-10,22H,11-14H2,1-3H3;4-10,20H,1-3H3,(H,18,21);4-10H,1-3H3;4-7H,1-3H3,(H,12,13);1-3,9H;1-3,9H,7H2;7H,1-4H2;1H;1H2/p+1/i/hT. The van der Waals surface area contributed by atoms with Crippen LogP contribution in [0.25, 0.3) is 45.1 Å². The number of nitrogens with one attached hydrogen (secondary N) is 3. The predicted octanol–water partition coefficient (Wildman–Crippen LogP) is 19.9. The number of nitrogens with two attached hydrogens (primary N) is 1. The minimum Gasteiger partial charge on any atom is -0.501 e. The number of carbonyl (C=O) groups excluding carboxylic acids is 1. The van der Waals surface area contributed by atoms with Crippen LogP contribution < -0.4 is 26.6 Å². The van der Waals surface area contributed by atoms with E-state index in [9.17, 15) is 65.3 Å². The predicted molar refractivity (Wildman–Crippen MR) is 476 cm³/mol. The minimum absolute atomic E-state index is 0. The number of piperazine rings is 1. The van der Waals surface area contributed by atoms with Gasteiger partial charge in [-0.25, -0.2) is 14.8 Å². The van der Waals surface area contributed by atoms with E-state index in [0.29, 0.717) is 40.2 Å². The number of nitrogen functional groups attached to an aromatic ring is 1. The van der Waals surface area contributed by atoms with Crippen LogP contribution in [-0.4, -0.2) is 119 Å². The number of hydrogen-bond acceptors (Lipinski definition) is 24. The Labute approximate surface area is 708 Å². The maximum absolute atomic E-state index is 12.2. The Morgan fingerprint density at radius 1 is 0.525 bits per heavy atom. The fourth-order valence-electron chi connectivity index (χ4n) is 10.6. The lowest BCUT2D eigenvalue weighted by atomic mass is 9.86. The molecule has 0 bridgehead atoms. The average Bonchev–Trinajstić information content (AvgIpc) is 1.54. The third kappa shape index (κ3) is 29.6. The van der Waals surface area contributed by atoms with Crippen molar-refractivity contribution in [3.8, 4) is 40.2 Å². The molecule has 1 aliphatic rings. The second-order valence-corrected chi connectivity index (χ2v) is 33.1. The molecule has 118 heavy (non-hydrogen) atoms. The number of rotatable bonds is 15. The van der Waals surface area contributed by atoms with Gasteiger partial charge in [0.25, 0.3) is 11.7 Å².